The lowest BCUT2D eigenvalue weighted by Crippen LogP contribution is -2.46. The van der Waals surface area contributed by atoms with Crippen LogP contribution in [0.25, 0.3) is 0 Å². The molecule has 2 aliphatic rings. The maximum absolute atomic E-state index is 13.8. The lowest BCUT2D eigenvalue weighted by molar-refractivity contribution is -0.137. The van der Waals surface area contributed by atoms with Gasteiger partial charge >= 0.3 is 5.97 Å². The molecule has 1 N–H and O–H groups in total. The minimum Gasteiger partial charge on any atom is -0.480 e. The molecule has 1 saturated heterocycles. The number of carboxylic acid groups (broad SMARTS) is 1. The van der Waals surface area contributed by atoms with Crippen LogP contribution in [0.15, 0.2) is 29.2 Å². The zero-order valence-corrected chi connectivity index (χ0v) is 20.6. The Morgan fingerprint density at radius 3 is 2.44 bits per heavy atom. The van der Waals surface area contributed by atoms with Gasteiger partial charge in [0.25, 0.3) is 0 Å². The van der Waals surface area contributed by atoms with Crippen LogP contribution in [-0.4, -0.2) is 38.8 Å². The van der Waals surface area contributed by atoms with Gasteiger partial charge in [0.2, 0.25) is 0 Å². The Balaban J connectivity index is 1.80. The second kappa shape index (κ2) is 8.38. The minimum atomic E-state index is -0.877. The standard InChI is InChI=1S/C26H34N2O3S/c1-17-19(14-18-10-6-7-11-21(18)32-27-12-8-9-13-27)23-20(28(17)16-22(29)30)15-25(2,3)26(4,5)24(23)31/h6-7,10-11H,8-9,12-16H2,1-5H3,(H,29,30). The van der Waals surface area contributed by atoms with Crippen LogP contribution >= 0.6 is 11.9 Å². The average molecular weight is 455 g/mol. The summed E-state index contributed by atoms with van der Waals surface area (Å²) in [4.78, 5) is 26.7. The number of benzene rings is 1. The van der Waals surface area contributed by atoms with Crippen molar-refractivity contribution in [2.75, 3.05) is 13.1 Å². The van der Waals surface area contributed by atoms with E-state index in [9.17, 15) is 14.7 Å². The van der Waals surface area contributed by atoms with Crippen LogP contribution < -0.4 is 0 Å². The summed E-state index contributed by atoms with van der Waals surface area (Å²) >= 11 is 1.81. The topological polar surface area (TPSA) is 62.5 Å². The second-order valence-corrected chi connectivity index (χ2v) is 11.5. The molecular formula is C26H34N2O3S. The molecule has 0 spiro atoms. The van der Waals surface area contributed by atoms with Gasteiger partial charge in [-0.15, -0.1) is 0 Å². The Labute approximate surface area is 195 Å². The number of carbonyl (C=O) groups is 2. The Morgan fingerprint density at radius 2 is 1.78 bits per heavy atom. The first-order chi connectivity index (χ1) is 15.0. The molecule has 0 atom stereocenters. The minimum absolute atomic E-state index is 0.109. The highest BCUT2D eigenvalue weighted by Crippen LogP contribution is 2.50. The van der Waals surface area contributed by atoms with E-state index in [0.717, 1.165) is 35.6 Å². The van der Waals surface area contributed by atoms with Crippen LogP contribution in [0.2, 0.25) is 0 Å². The van der Waals surface area contributed by atoms with E-state index < -0.39 is 11.4 Å². The predicted molar refractivity (Wildman–Crippen MR) is 128 cm³/mol. The van der Waals surface area contributed by atoms with Crippen LogP contribution in [-0.2, 0) is 24.2 Å². The van der Waals surface area contributed by atoms with Crippen molar-refractivity contribution >= 4 is 23.7 Å². The number of ketones is 1. The molecule has 5 nitrogen and oxygen atoms in total. The Morgan fingerprint density at radius 1 is 1.12 bits per heavy atom. The van der Waals surface area contributed by atoms with Crippen LogP contribution in [0.3, 0.4) is 0 Å². The van der Waals surface area contributed by atoms with Crippen molar-refractivity contribution in [1.29, 1.82) is 0 Å². The highest BCUT2D eigenvalue weighted by molar-refractivity contribution is 7.97. The molecule has 6 heteroatoms. The Kier molecular flexibility index (Phi) is 6.05. The third-order valence-electron chi connectivity index (χ3n) is 7.78. The summed E-state index contributed by atoms with van der Waals surface area (Å²) in [6.45, 7) is 12.4. The molecule has 1 fully saturated rings. The predicted octanol–water partition coefficient (Wildman–Crippen LogP) is 5.37. The quantitative estimate of drug-likeness (QED) is 0.595. The van der Waals surface area contributed by atoms with Gasteiger partial charge in [-0.3, -0.25) is 9.59 Å². The van der Waals surface area contributed by atoms with Gasteiger partial charge in [-0.25, -0.2) is 4.31 Å². The SMILES string of the molecule is Cc1c(Cc2ccccc2SN2CCCC2)c2c(n1CC(=O)O)CC(C)(C)C(C)(C)C2=O. The van der Waals surface area contributed by atoms with Crippen LogP contribution in [0, 0.1) is 17.8 Å². The largest absolute Gasteiger partial charge is 0.480 e. The first kappa shape index (κ1) is 23.1. The van der Waals surface area contributed by atoms with E-state index in [1.54, 1.807) is 11.9 Å². The molecule has 1 aromatic carbocycles. The number of aromatic nitrogens is 1. The van der Waals surface area contributed by atoms with E-state index in [0.29, 0.717) is 12.8 Å². The molecular weight excluding hydrogens is 420 g/mol. The molecule has 0 unspecified atom stereocenters. The van der Waals surface area contributed by atoms with Gasteiger partial charge in [0.1, 0.15) is 6.54 Å². The smallest absolute Gasteiger partial charge is 0.323 e. The molecule has 1 aromatic heterocycles. The molecule has 0 bridgehead atoms. The highest BCUT2D eigenvalue weighted by atomic mass is 32.2. The molecule has 1 aliphatic carbocycles. The Bertz CT molecular complexity index is 1060. The summed E-state index contributed by atoms with van der Waals surface area (Å²) < 4.78 is 4.28. The summed E-state index contributed by atoms with van der Waals surface area (Å²) in [7, 11) is 0. The zero-order valence-electron chi connectivity index (χ0n) is 19.8. The van der Waals surface area contributed by atoms with Gasteiger partial charge in [-0.2, -0.15) is 0 Å². The molecule has 2 aromatic rings. The van der Waals surface area contributed by atoms with Crippen molar-refractivity contribution < 1.29 is 14.7 Å². The van der Waals surface area contributed by atoms with Crippen molar-refractivity contribution in [2.45, 2.75) is 71.7 Å². The van der Waals surface area contributed by atoms with Crippen LogP contribution in [0.1, 0.15) is 73.4 Å². The molecule has 32 heavy (non-hydrogen) atoms. The summed E-state index contributed by atoms with van der Waals surface area (Å²) in [5.41, 5.74) is 3.97. The number of carbonyl (C=O) groups excluding carboxylic acids is 1. The summed E-state index contributed by atoms with van der Waals surface area (Å²) in [6, 6.07) is 8.41. The Hall–Kier alpha value is -2.05. The van der Waals surface area contributed by atoms with E-state index >= 15 is 0 Å². The number of fused-ring (bicyclic) bond motifs is 1. The number of hydrogen-bond donors (Lipinski definition) is 1. The first-order valence-corrected chi connectivity index (χ1v) is 12.3. The highest BCUT2D eigenvalue weighted by Gasteiger charge is 2.50. The maximum Gasteiger partial charge on any atom is 0.323 e. The fourth-order valence-electron chi connectivity index (χ4n) is 4.98. The van der Waals surface area contributed by atoms with Crippen LogP contribution in [0.4, 0.5) is 0 Å². The van der Waals surface area contributed by atoms with Gasteiger partial charge in [0, 0.05) is 46.8 Å². The molecule has 4 rings (SSSR count). The van der Waals surface area contributed by atoms with Crippen molar-refractivity contribution in [1.82, 2.24) is 8.87 Å². The maximum atomic E-state index is 13.8. The number of Topliss-reactive ketones (excluding diaryl/α,β-unsaturated/α-hetero) is 1. The number of aliphatic carboxylic acids is 1. The van der Waals surface area contributed by atoms with Crippen molar-refractivity contribution in [3.8, 4) is 0 Å². The van der Waals surface area contributed by atoms with Crippen LogP contribution in [0.5, 0.6) is 0 Å². The summed E-state index contributed by atoms with van der Waals surface area (Å²) in [5.74, 6) is -0.742. The second-order valence-electron chi connectivity index (χ2n) is 10.4. The van der Waals surface area contributed by atoms with Gasteiger partial charge in [0.15, 0.2) is 5.78 Å². The normalized spacial score (nSPS) is 19.8. The molecule has 1 aliphatic heterocycles. The first-order valence-electron chi connectivity index (χ1n) is 11.5. The van der Waals surface area contributed by atoms with Crippen molar-refractivity contribution in [2.24, 2.45) is 10.8 Å². The summed E-state index contributed by atoms with van der Waals surface area (Å²) in [5, 5.41) is 9.58. The van der Waals surface area contributed by atoms with Gasteiger partial charge in [-0.05, 0) is 60.7 Å². The monoisotopic (exact) mass is 454 g/mol. The van der Waals surface area contributed by atoms with Gasteiger partial charge in [0.05, 0.1) is 0 Å². The average Bonchev–Trinajstić information content (AvgIpc) is 3.30. The zero-order chi connectivity index (χ0) is 23.3. The number of carboxylic acids is 1. The molecule has 0 amide bonds. The van der Waals surface area contributed by atoms with Gasteiger partial charge < -0.3 is 9.67 Å². The molecule has 172 valence electrons. The molecule has 0 radical (unpaired) electrons. The molecule has 0 saturated carbocycles. The lowest BCUT2D eigenvalue weighted by atomic mass is 9.58. The lowest BCUT2D eigenvalue weighted by Gasteiger charge is -2.44. The van der Waals surface area contributed by atoms with E-state index in [1.807, 2.05) is 31.4 Å². The van der Waals surface area contributed by atoms with E-state index in [2.05, 4.69) is 36.4 Å². The van der Waals surface area contributed by atoms with Crippen molar-refractivity contribution in [3.63, 3.8) is 0 Å². The molecule has 2 heterocycles. The third-order valence-corrected chi connectivity index (χ3v) is 9.00. The van der Waals surface area contributed by atoms with E-state index in [1.165, 1.54) is 23.3 Å². The van der Waals surface area contributed by atoms with E-state index in [4.69, 9.17) is 0 Å². The van der Waals surface area contributed by atoms with E-state index in [-0.39, 0.29) is 17.7 Å². The number of rotatable bonds is 6. The third kappa shape index (κ3) is 3.92. The number of hydrogen-bond acceptors (Lipinski definition) is 4. The number of nitrogens with zero attached hydrogens (tertiary/aromatic N) is 2. The summed E-state index contributed by atoms with van der Waals surface area (Å²) in [6.07, 6.45) is 3.80. The fourth-order valence-corrected chi connectivity index (χ4v) is 6.10. The fraction of sp³-hybridized carbons (Fsp3) is 0.538. The van der Waals surface area contributed by atoms with Gasteiger partial charge in [-0.1, -0.05) is 45.9 Å². The van der Waals surface area contributed by atoms with Crippen molar-refractivity contribution in [3.05, 3.63) is 52.3 Å².